The van der Waals surface area contributed by atoms with E-state index in [-0.39, 0.29) is 10.9 Å². The maximum Gasteiger partial charge on any atom is 0.257 e. The van der Waals surface area contributed by atoms with Gasteiger partial charge < -0.3 is 0 Å². The third kappa shape index (κ3) is 3.13. The number of thiazole rings is 1. The molecule has 0 aliphatic heterocycles. The van der Waals surface area contributed by atoms with Gasteiger partial charge in [0.25, 0.3) is 5.91 Å². The summed E-state index contributed by atoms with van der Waals surface area (Å²) in [6, 6.07) is 7.32. The molecule has 0 fully saturated rings. The number of halogens is 2. The molecular weight excluding hydrogens is 325 g/mol. The number of pyridine rings is 1. The molecule has 3 aromatic rings. The van der Waals surface area contributed by atoms with Gasteiger partial charge in [0.05, 0.1) is 10.7 Å². The highest BCUT2D eigenvalue weighted by Crippen LogP contribution is 2.31. The Bertz CT molecular complexity index is 823. The number of aromatic nitrogens is 2. The van der Waals surface area contributed by atoms with Gasteiger partial charge in [-0.25, -0.2) is 9.37 Å². The van der Waals surface area contributed by atoms with Crippen molar-refractivity contribution in [3.05, 3.63) is 64.5 Å². The average molecular weight is 334 g/mol. The van der Waals surface area contributed by atoms with Crippen molar-refractivity contribution in [3.63, 3.8) is 0 Å². The zero-order valence-corrected chi connectivity index (χ0v) is 12.7. The lowest BCUT2D eigenvalue weighted by Gasteiger charge is -2.02. The number of carbonyl (C=O) groups is 1. The van der Waals surface area contributed by atoms with Crippen molar-refractivity contribution in [1.29, 1.82) is 0 Å². The number of rotatable bonds is 3. The normalized spacial score (nSPS) is 10.5. The Morgan fingerprint density at radius 3 is 2.73 bits per heavy atom. The van der Waals surface area contributed by atoms with Crippen LogP contribution in [0, 0.1) is 5.82 Å². The van der Waals surface area contributed by atoms with Crippen LogP contribution >= 0.6 is 22.9 Å². The topological polar surface area (TPSA) is 54.9 Å². The summed E-state index contributed by atoms with van der Waals surface area (Å²) in [6.07, 6.45) is 3.08. The van der Waals surface area contributed by atoms with Crippen molar-refractivity contribution in [3.8, 4) is 11.3 Å². The van der Waals surface area contributed by atoms with E-state index in [0.717, 1.165) is 0 Å². The second-order valence-electron chi connectivity index (χ2n) is 4.35. The summed E-state index contributed by atoms with van der Waals surface area (Å²) < 4.78 is 13.1. The first-order valence-corrected chi connectivity index (χ1v) is 7.51. The Morgan fingerprint density at radius 2 is 2.00 bits per heavy atom. The predicted molar refractivity (Wildman–Crippen MR) is 84.7 cm³/mol. The molecule has 0 saturated carbocycles. The Morgan fingerprint density at radius 1 is 1.23 bits per heavy atom. The van der Waals surface area contributed by atoms with Gasteiger partial charge in [-0.05, 0) is 30.3 Å². The van der Waals surface area contributed by atoms with Crippen LogP contribution in [-0.4, -0.2) is 15.9 Å². The molecule has 1 amide bonds. The first-order chi connectivity index (χ1) is 10.6. The van der Waals surface area contributed by atoms with Crippen molar-refractivity contribution < 1.29 is 9.18 Å². The molecule has 1 aromatic carbocycles. The number of amides is 1. The average Bonchev–Trinajstić information content (AvgIpc) is 2.96. The Labute approximate surface area is 134 Å². The van der Waals surface area contributed by atoms with Crippen LogP contribution in [0.15, 0.2) is 48.1 Å². The van der Waals surface area contributed by atoms with E-state index in [1.54, 1.807) is 36.0 Å². The summed E-state index contributed by atoms with van der Waals surface area (Å²) in [5, 5.41) is 5.17. The van der Waals surface area contributed by atoms with E-state index in [0.29, 0.717) is 22.0 Å². The number of nitrogens with zero attached hydrogens (tertiary/aromatic N) is 2. The lowest BCUT2D eigenvalue weighted by atomic mass is 10.2. The summed E-state index contributed by atoms with van der Waals surface area (Å²) in [4.78, 5) is 20.2. The molecular formula is C15H9ClFN3OS. The Kier molecular flexibility index (Phi) is 4.13. The summed E-state index contributed by atoms with van der Waals surface area (Å²) in [5.41, 5.74) is 1.69. The Balaban J connectivity index is 1.81. The molecule has 3 rings (SSSR count). The second-order valence-corrected chi connectivity index (χ2v) is 5.62. The van der Waals surface area contributed by atoms with Crippen LogP contribution in [0.5, 0.6) is 0 Å². The minimum absolute atomic E-state index is 0.270. The van der Waals surface area contributed by atoms with Gasteiger partial charge in [-0.3, -0.25) is 15.1 Å². The standard InChI is InChI=1S/C15H9ClFN3OS/c16-12-7-10(17)1-2-11(12)13-8-22-15(19-13)20-14(21)9-3-5-18-6-4-9/h1-8H,(H,19,20,21). The molecule has 0 radical (unpaired) electrons. The van der Waals surface area contributed by atoms with Crippen molar-refractivity contribution in [2.75, 3.05) is 5.32 Å². The third-order valence-corrected chi connectivity index (χ3v) is 3.94. The monoisotopic (exact) mass is 333 g/mol. The van der Waals surface area contributed by atoms with Gasteiger partial charge in [0.15, 0.2) is 5.13 Å². The quantitative estimate of drug-likeness (QED) is 0.779. The van der Waals surface area contributed by atoms with Gasteiger partial charge >= 0.3 is 0 Å². The predicted octanol–water partition coefficient (Wildman–Crippen LogP) is 4.25. The molecule has 110 valence electrons. The zero-order chi connectivity index (χ0) is 15.5. The molecule has 0 unspecified atom stereocenters. The second kappa shape index (κ2) is 6.21. The number of carbonyl (C=O) groups excluding carboxylic acids is 1. The molecule has 0 bridgehead atoms. The van der Waals surface area contributed by atoms with E-state index in [1.165, 1.54) is 23.5 Å². The molecule has 4 nitrogen and oxygen atoms in total. The maximum atomic E-state index is 13.1. The van der Waals surface area contributed by atoms with Crippen LogP contribution < -0.4 is 5.32 Å². The van der Waals surface area contributed by atoms with Gasteiger partial charge in [0.2, 0.25) is 0 Å². The van der Waals surface area contributed by atoms with Crippen LogP contribution in [0.1, 0.15) is 10.4 Å². The van der Waals surface area contributed by atoms with Gasteiger partial charge in [-0.15, -0.1) is 11.3 Å². The van der Waals surface area contributed by atoms with Crippen molar-refractivity contribution in [1.82, 2.24) is 9.97 Å². The SMILES string of the molecule is O=C(Nc1nc(-c2ccc(F)cc2Cl)cs1)c1ccncc1. The highest BCUT2D eigenvalue weighted by Gasteiger charge is 2.12. The first kappa shape index (κ1) is 14.6. The molecule has 2 heterocycles. The largest absolute Gasteiger partial charge is 0.298 e. The highest BCUT2D eigenvalue weighted by molar-refractivity contribution is 7.14. The summed E-state index contributed by atoms with van der Waals surface area (Å²) in [7, 11) is 0. The van der Waals surface area contributed by atoms with E-state index in [2.05, 4.69) is 15.3 Å². The lowest BCUT2D eigenvalue weighted by Crippen LogP contribution is -2.11. The molecule has 0 atom stereocenters. The minimum atomic E-state index is -0.407. The fourth-order valence-electron chi connectivity index (χ4n) is 1.82. The van der Waals surface area contributed by atoms with E-state index in [9.17, 15) is 9.18 Å². The van der Waals surface area contributed by atoms with Gasteiger partial charge in [0, 0.05) is 28.9 Å². The van der Waals surface area contributed by atoms with Crippen LogP contribution in [0.4, 0.5) is 9.52 Å². The van der Waals surface area contributed by atoms with E-state index < -0.39 is 5.82 Å². The molecule has 0 aliphatic rings. The van der Waals surface area contributed by atoms with Crippen LogP contribution in [-0.2, 0) is 0 Å². The zero-order valence-electron chi connectivity index (χ0n) is 11.1. The Hall–Kier alpha value is -2.31. The van der Waals surface area contributed by atoms with Gasteiger partial charge in [-0.2, -0.15) is 0 Å². The molecule has 1 N–H and O–H groups in total. The van der Waals surface area contributed by atoms with Gasteiger partial charge in [0.1, 0.15) is 5.82 Å². The lowest BCUT2D eigenvalue weighted by molar-refractivity contribution is 0.102. The first-order valence-electron chi connectivity index (χ1n) is 6.26. The summed E-state index contributed by atoms with van der Waals surface area (Å²) in [6.45, 7) is 0. The molecule has 0 saturated heterocycles. The number of anilines is 1. The van der Waals surface area contributed by atoms with Crippen LogP contribution in [0.2, 0.25) is 5.02 Å². The molecule has 0 aliphatic carbocycles. The van der Waals surface area contributed by atoms with Gasteiger partial charge in [-0.1, -0.05) is 11.6 Å². The number of benzene rings is 1. The molecule has 7 heteroatoms. The van der Waals surface area contributed by atoms with Crippen molar-refractivity contribution in [2.24, 2.45) is 0 Å². The number of hydrogen-bond donors (Lipinski definition) is 1. The maximum absolute atomic E-state index is 13.1. The molecule has 0 spiro atoms. The fourth-order valence-corrected chi connectivity index (χ4v) is 2.79. The minimum Gasteiger partial charge on any atom is -0.298 e. The van der Waals surface area contributed by atoms with Crippen LogP contribution in [0.3, 0.4) is 0 Å². The van der Waals surface area contributed by atoms with E-state index >= 15 is 0 Å². The van der Waals surface area contributed by atoms with E-state index in [1.807, 2.05) is 0 Å². The van der Waals surface area contributed by atoms with E-state index in [4.69, 9.17) is 11.6 Å². The molecule has 2 aromatic heterocycles. The van der Waals surface area contributed by atoms with Crippen molar-refractivity contribution in [2.45, 2.75) is 0 Å². The number of hydrogen-bond acceptors (Lipinski definition) is 4. The smallest absolute Gasteiger partial charge is 0.257 e. The number of nitrogens with one attached hydrogen (secondary N) is 1. The third-order valence-electron chi connectivity index (χ3n) is 2.87. The summed E-state index contributed by atoms with van der Waals surface area (Å²) in [5.74, 6) is -0.677. The highest BCUT2D eigenvalue weighted by atomic mass is 35.5. The van der Waals surface area contributed by atoms with Crippen molar-refractivity contribution >= 4 is 34.0 Å². The fraction of sp³-hybridized carbons (Fsp3) is 0. The summed E-state index contributed by atoms with van der Waals surface area (Å²) >= 11 is 7.27. The van der Waals surface area contributed by atoms with Crippen LogP contribution in [0.25, 0.3) is 11.3 Å². The molecule has 22 heavy (non-hydrogen) atoms.